The summed E-state index contributed by atoms with van der Waals surface area (Å²) >= 11 is 0. The Morgan fingerprint density at radius 1 is 1.14 bits per heavy atom. The van der Waals surface area contributed by atoms with Gasteiger partial charge in [0.05, 0.1) is 17.1 Å². The second-order valence-electron chi connectivity index (χ2n) is 5.94. The third kappa shape index (κ3) is 4.37. The molecule has 0 fully saturated rings. The Bertz CT molecular complexity index is 926. The molecule has 9 nitrogen and oxygen atoms in total. The van der Waals surface area contributed by atoms with Crippen molar-refractivity contribution in [1.82, 2.24) is 5.32 Å². The van der Waals surface area contributed by atoms with Crippen LogP contribution in [0.5, 0.6) is 11.5 Å². The Balaban J connectivity index is 1.67. The van der Waals surface area contributed by atoms with E-state index in [1.807, 2.05) is 12.1 Å². The van der Waals surface area contributed by atoms with E-state index in [2.05, 4.69) is 5.32 Å². The van der Waals surface area contributed by atoms with Crippen molar-refractivity contribution < 1.29 is 28.7 Å². The minimum Gasteiger partial charge on any atom is -0.462 e. The van der Waals surface area contributed by atoms with Crippen LogP contribution in [-0.2, 0) is 11.2 Å². The first-order valence-electron chi connectivity index (χ1n) is 8.61. The van der Waals surface area contributed by atoms with Crippen LogP contribution in [0.15, 0.2) is 36.4 Å². The van der Waals surface area contributed by atoms with E-state index in [1.165, 1.54) is 6.07 Å². The van der Waals surface area contributed by atoms with Gasteiger partial charge in [0.25, 0.3) is 11.6 Å². The number of nitrogens with one attached hydrogen (secondary N) is 1. The number of carbonyl (C=O) groups is 2. The molecule has 0 aromatic heterocycles. The monoisotopic (exact) mass is 386 g/mol. The van der Waals surface area contributed by atoms with Crippen LogP contribution in [0.4, 0.5) is 5.69 Å². The predicted molar refractivity (Wildman–Crippen MR) is 97.7 cm³/mol. The first-order chi connectivity index (χ1) is 13.5. The van der Waals surface area contributed by atoms with Gasteiger partial charge < -0.3 is 19.5 Å². The highest BCUT2D eigenvalue weighted by Gasteiger charge is 2.19. The van der Waals surface area contributed by atoms with E-state index in [9.17, 15) is 19.7 Å². The van der Waals surface area contributed by atoms with Gasteiger partial charge in [0, 0.05) is 24.2 Å². The number of ether oxygens (including phenoxy) is 3. The van der Waals surface area contributed by atoms with Crippen LogP contribution in [0.1, 0.15) is 33.2 Å². The summed E-state index contributed by atoms with van der Waals surface area (Å²) in [5, 5.41) is 13.8. The van der Waals surface area contributed by atoms with Crippen LogP contribution in [0.25, 0.3) is 0 Å². The van der Waals surface area contributed by atoms with Gasteiger partial charge in [0.1, 0.15) is 0 Å². The lowest BCUT2D eigenvalue weighted by atomic mass is 10.1. The lowest BCUT2D eigenvalue weighted by Gasteiger charge is -2.08. The molecule has 9 heteroatoms. The molecule has 1 amide bonds. The second kappa shape index (κ2) is 8.38. The number of carbonyl (C=O) groups excluding carboxylic acids is 2. The van der Waals surface area contributed by atoms with Crippen LogP contribution >= 0.6 is 0 Å². The Labute approximate surface area is 160 Å². The van der Waals surface area contributed by atoms with Gasteiger partial charge in [-0.1, -0.05) is 6.07 Å². The maximum Gasteiger partial charge on any atom is 0.338 e. The minimum atomic E-state index is -0.722. The second-order valence-corrected chi connectivity index (χ2v) is 5.94. The zero-order chi connectivity index (χ0) is 20.1. The van der Waals surface area contributed by atoms with E-state index in [0.29, 0.717) is 24.5 Å². The smallest absolute Gasteiger partial charge is 0.338 e. The number of fused-ring (bicyclic) bond motifs is 1. The number of benzene rings is 2. The van der Waals surface area contributed by atoms with Gasteiger partial charge in [-0.15, -0.1) is 0 Å². The van der Waals surface area contributed by atoms with Crippen LogP contribution in [0.2, 0.25) is 0 Å². The highest BCUT2D eigenvalue weighted by molar-refractivity contribution is 5.99. The fourth-order valence-corrected chi connectivity index (χ4v) is 2.70. The van der Waals surface area contributed by atoms with Crippen LogP contribution in [0.3, 0.4) is 0 Å². The summed E-state index contributed by atoms with van der Waals surface area (Å²) in [6.45, 7) is 2.23. The van der Waals surface area contributed by atoms with Crippen LogP contribution in [-0.4, -0.2) is 36.7 Å². The van der Waals surface area contributed by atoms with Gasteiger partial charge in [-0.25, -0.2) is 4.79 Å². The maximum absolute atomic E-state index is 12.4. The molecule has 1 heterocycles. The first-order valence-corrected chi connectivity index (χ1v) is 8.61. The molecule has 0 bridgehead atoms. The van der Waals surface area contributed by atoms with Crippen molar-refractivity contribution in [2.75, 3.05) is 19.9 Å². The largest absolute Gasteiger partial charge is 0.462 e. The number of esters is 1. The van der Waals surface area contributed by atoms with E-state index in [4.69, 9.17) is 14.2 Å². The summed E-state index contributed by atoms with van der Waals surface area (Å²) < 4.78 is 15.4. The molecule has 2 aromatic carbocycles. The normalized spacial score (nSPS) is 11.8. The molecular weight excluding hydrogens is 368 g/mol. The van der Waals surface area contributed by atoms with E-state index in [-0.39, 0.29) is 30.2 Å². The molecule has 3 rings (SSSR count). The number of nitro groups is 1. The minimum absolute atomic E-state index is 0.0166. The van der Waals surface area contributed by atoms with E-state index < -0.39 is 16.8 Å². The molecular formula is C19H18N2O7. The van der Waals surface area contributed by atoms with Gasteiger partial charge in [0.15, 0.2) is 11.5 Å². The fraction of sp³-hybridized carbons (Fsp3) is 0.263. The topological polar surface area (TPSA) is 117 Å². The average Bonchev–Trinajstić information content (AvgIpc) is 3.15. The molecule has 0 saturated heterocycles. The van der Waals surface area contributed by atoms with Crippen molar-refractivity contribution in [2.45, 2.75) is 13.3 Å². The van der Waals surface area contributed by atoms with E-state index >= 15 is 0 Å². The number of nitrogens with zero attached hydrogens (tertiary/aromatic N) is 1. The molecule has 1 aliphatic rings. The number of hydrogen-bond acceptors (Lipinski definition) is 7. The Hall–Kier alpha value is -3.62. The number of hydrogen-bond donors (Lipinski definition) is 1. The average molecular weight is 386 g/mol. The Morgan fingerprint density at radius 3 is 2.64 bits per heavy atom. The third-order valence-corrected chi connectivity index (χ3v) is 4.04. The van der Waals surface area contributed by atoms with Gasteiger partial charge in [0.2, 0.25) is 6.79 Å². The summed E-state index contributed by atoms with van der Waals surface area (Å²) in [4.78, 5) is 34.7. The number of amides is 1. The summed E-state index contributed by atoms with van der Waals surface area (Å²) in [6.07, 6.45) is 0.530. The van der Waals surface area contributed by atoms with Crippen molar-refractivity contribution in [3.8, 4) is 11.5 Å². The number of non-ortho nitro benzene ring substituents is 1. The molecule has 0 saturated carbocycles. The van der Waals surface area contributed by atoms with Crippen LogP contribution < -0.4 is 14.8 Å². The molecule has 2 aromatic rings. The zero-order valence-electron chi connectivity index (χ0n) is 15.1. The van der Waals surface area contributed by atoms with Crippen molar-refractivity contribution in [3.05, 3.63) is 63.2 Å². The van der Waals surface area contributed by atoms with Gasteiger partial charge in [-0.3, -0.25) is 14.9 Å². The lowest BCUT2D eigenvalue weighted by molar-refractivity contribution is -0.384. The van der Waals surface area contributed by atoms with Crippen molar-refractivity contribution in [2.24, 2.45) is 0 Å². The molecule has 0 radical (unpaired) electrons. The van der Waals surface area contributed by atoms with Gasteiger partial charge in [-0.05, 0) is 37.1 Å². The van der Waals surface area contributed by atoms with E-state index in [0.717, 1.165) is 17.7 Å². The third-order valence-electron chi connectivity index (χ3n) is 4.04. The van der Waals surface area contributed by atoms with E-state index in [1.54, 1.807) is 13.0 Å². The molecule has 1 N–H and O–H groups in total. The van der Waals surface area contributed by atoms with Crippen molar-refractivity contribution >= 4 is 17.6 Å². The van der Waals surface area contributed by atoms with Crippen LogP contribution in [0, 0.1) is 10.1 Å². The molecule has 28 heavy (non-hydrogen) atoms. The number of nitro benzene ring substituents is 1. The maximum atomic E-state index is 12.4. The molecule has 0 atom stereocenters. The standard InChI is InChI=1S/C19H18N2O7/c1-2-26-19(23)14-8-13(9-15(10-14)21(24)25)18(22)20-6-5-12-3-4-16-17(7-12)28-11-27-16/h3-4,7-10H,2,5-6,11H2,1H3,(H,20,22). The zero-order valence-corrected chi connectivity index (χ0v) is 15.1. The van der Waals surface area contributed by atoms with Gasteiger partial charge >= 0.3 is 5.97 Å². The van der Waals surface area contributed by atoms with Crippen molar-refractivity contribution in [1.29, 1.82) is 0 Å². The molecule has 1 aliphatic heterocycles. The van der Waals surface area contributed by atoms with Crippen molar-refractivity contribution in [3.63, 3.8) is 0 Å². The Morgan fingerprint density at radius 2 is 1.89 bits per heavy atom. The molecule has 0 spiro atoms. The first kappa shape index (κ1) is 19.2. The molecule has 0 unspecified atom stereocenters. The SMILES string of the molecule is CCOC(=O)c1cc(C(=O)NCCc2ccc3c(c2)OCO3)cc([N+](=O)[O-])c1. The Kier molecular flexibility index (Phi) is 5.73. The molecule has 146 valence electrons. The molecule has 0 aliphatic carbocycles. The van der Waals surface area contributed by atoms with Gasteiger partial charge in [-0.2, -0.15) is 0 Å². The predicted octanol–water partition coefficient (Wildman–Crippen LogP) is 2.47. The summed E-state index contributed by atoms with van der Waals surface area (Å²) in [7, 11) is 0. The quantitative estimate of drug-likeness (QED) is 0.441. The summed E-state index contributed by atoms with van der Waals surface area (Å²) in [5.41, 5.74) is 0.558. The summed E-state index contributed by atoms with van der Waals surface area (Å²) in [5.74, 6) is 0.0908. The highest BCUT2D eigenvalue weighted by atomic mass is 16.7. The lowest BCUT2D eigenvalue weighted by Crippen LogP contribution is -2.26. The number of rotatable bonds is 7. The summed E-state index contributed by atoms with van der Waals surface area (Å²) in [6, 6.07) is 8.99. The highest BCUT2D eigenvalue weighted by Crippen LogP contribution is 2.32. The fourth-order valence-electron chi connectivity index (χ4n) is 2.70.